The second-order valence-electron chi connectivity index (χ2n) is 7.18. The molecule has 2 rings (SSSR count). The Morgan fingerprint density at radius 2 is 1.81 bits per heavy atom. The molecule has 0 spiro atoms. The summed E-state index contributed by atoms with van der Waals surface area (Å²) in [5.74, 6) is -1.47. The molecule has 0 aliphatic heterocycles. The Hall–Kier alpha value is -2.83. The maximum Gasteiger partial charge on any atom is 0.374 e. The lowest BCUT2D eigenvalue weighted by atomic mass is 9.95. The van der Waals surface area contributed by atoms with Crippen molar-refractivity contribution in [2.45, 2.75) is 47.3 Å². The number of para-hydroxylation sites is 1. The van der Waals surface area contributed by atoms with Gasteiger partial charge in [-0.25, -0.2) is 9.59 Å². The first-order valence-corrected chi connectivity index (χ1v) is 8.80. The molecule has 1 atom stereocenters. The molecule has 1 amide bonds. The van der Waals surface area contributed by atoms with E-state index in [1.54, 1.807) is 58.9 Å². The third kappa shape index (κ3) is 4.87. The van der Waals surface area contributed by atoms with E-state index in [2.05, 4.69) is 5.32 Å². The highest BCUT2D eigenvalue weighted by molar-refractivity contribution is 5.96. The van der Waals surface area contributed by atoms with Gasteiger partial charge in [-0.05, 0) is 19.9 Å². The fraction of sp³-hybridized carbons (Fsp3) is 0.450. The second-order valence-corrected chi connectivity index (χ2v) is 7.18. The number of furan rings is 1. The van der Waals surface area contributed by atoms with E-state index in [1.165, 1.54) is 0 Å². The maximum absolute atomic E-state index is 12.3. The smallest absolute Gasteiger partial charge is 0.374 e. The summed E-state index contributed by atoms with van der Waals surface area (Å²) in [5, 5.41) is 3.28. The van der Waals surface area contributed by atoms with Crippen LogP contribution in [0.5, 0.6) is 0 Å². The van der Waals surface area contributed by atoms with Crippen LogP contribution in [0.3, 0.4) is 0 Å². The highest BCUT2D eigenvalue weighted by Gasteiger charge is 2.27. The van der Waals surface area contributed by atoms with Crippen LogP contribution in [0.15, 0.2) is 28.7 Å². The van der Waals surface area contributed by atoms with Gasteiger partial charge in [0.25, 0.3) is 0 Å². The molecule has 0 bridgehead atoms. The van der Waals surface area contributed by atoms with Gasteiger partial charge >= 0.3 is 11.9 Å². The fourth-order valence-corrected chi connectivity index (χ4v) is 2.34. The van der Waals surface area contributed by atoms with Crippen molar-refractivity contribution in [1.82, 2.24) is 5.32 Å². The van der Waals surface area contributed by atoms with Crippen LogP contribution < -0.4 is 5.32 Å². The molecule has 7 heteroatoms. The van der Waals surface area contributed by atoms with Gasteiger partial charge in [0.2, 0.25) is 11.7 Å². The fourth-order valence-electron chi connectivity index (χ4n) is 2.34. The summed E-state index contributed by atoms with van der Waals surface area (Å²) in [6.07, 6.45) is 0. The first kappa shape index (κ1) is 20.5. The molecule has 1 heterocycles. The van der Waals surface area contributed by atoms with E-state index >= 15 is 0 Å². The lowest BCUT2D eigenvalue weighted by Gasteiger charge is -2.21. The van der Waals surface area contributed by atoms with Crippen LogP contribution in [0, 0.1) is 5.41 Å². The standard InChI is InChI=1S/C20H25NO6/c1-6-25-18(23)16-14(13-9-7-8-10-15(13)27-16)11-26-17(22)12(2)21-19(24)20(3,4)5/h7-10,12H,6,11H2,1-5H3,(H,21,24). The van der Waals surface area contributed by atoms with Crippen LogP contribution in [-0.2, 0) is 25.7 Å². The molecule has 0 radical (unpaired) electrons. The second kappa shape index (κ2) is 8.24. The predicted octanol–water partition coefficient (Wildman–Crippen LogP) is 3.20. The molecule has 1 aromatic heterocycles. The number of benzene rings is 1. The van der Waals surface area contributed by atoms with Crippen molar-refractivity contribution in [1.29, 1.82) is 0 Å². The third-order valence-corrected chi connectivity index (χ3v) is 3.90. The number of amides is 1. The van der Waals surface area contributed by atoms with Crippen molar-refractivity contribution in [3.05, 3.63) is 35.6 Å². The Morgan fingerprint density at radius 1 is 1.15 bits per heavy atom. The van der Waals surface area contributed by atoms with E-state index in [9.17, 15) is 14.4 Å². The van der Waals surface area contributed by atoms with Crippen LogP contribution in [0.1, 0.15) is 50.7 Å². The number of hydrogen-bond donors (Lipinski definition) is 1. The van der Waals surface area contributed by atoms with Crippen LogP contribution in [0.4, 0.5) is 0 Å². The number of carbonyl (C=O) groups excluding carboxylic acids is 3. The van der Waals surface area contributed by atoms with Crippen molar-refractivity contribution in [3.8, 4) is 0 Å². The normalized spacial score (nSPS) is 12.5. The van der Waals surface area contributed by atoms with E-state index < -0.39 is 23.4 Å². The maximum atomic E-state index is 12.3. The van der Waals surface area contributed by atoms with Gasteiger partial charge < -0.3 is 19.2 Å². The first-order valence-electron chi connectivity index (χ1n) is 8.80. The number of nitrogens with one attached hydrogen (secondary N) is 1. The summed E-state index contributed by atoms with van der Waals surface area (Å²) in [6.45, 7) is 8.53. The third-order valence-electron chi connectivity index (χ3n) is 3.90. The van der Waals surface area contributed by atoms with Crippen molar-refractivity contribution in [2.24, 2.45) is 5.41 Å². The summed E-state index contributed by atoms with van der Waals surface area (Å²) in [7, 11) is 0. The van der Waals surface area contributed by atoms with Crippen molar-refractivity contribution in [2.75, 3.05) is 6.61 Å². The molecule has 0 aliphatic rings. The Morgan fingerprint density at radius 3 is 2.44 bits per heavy atom. The number of ether oxygens (including phenoxy) is 2. The van der Waals surface area contributed by atoms with Crippen LogP contribution in [0.25, 0.3) is 11.0 Å². The molecule has 0 fully saturated rings. The lowest BCUT2D eigenvalue weighted by molar-refractivity contribution is -0.149. The van der Waals surface area contributed by atoms with Crippen molar-refractivity contribution in [3.63, 3.8) is 0 Å². The lowest BCUT2D eigenvalue weighted by Crippen LogP contribution is -2.44. The van der Waals surface area contributed by atoms with Gasteiger partial charge in [0.05, 0.1) is 12.2 Å². The summed E-state index contributed by atoms with van der Waals surface area (Å²) in [5.41, 5.74) is 0.319. The molecule has 0 saturated carbocycles. The molecule has 2 aromatic rings. The Kier molecular flexibility index (Phi) is 6.25. The molecule has 0 saturated heterocycles. The largest absolute Gasteiger partial charge is 0.460 e. The minimum absolute atomic E-state index is 0.0113. The average molecular weight is 375 g/mol. The average Bonchev–Trinajstić information content (AvgIpc) is 2.97. The summed E-state index contributed by atoms with van der Waals surface area (Å²) in [4.78, 5) is 36.4. The van der Waals surface area contributed by atoms with E-state index in [1.807, 2.05) is 0 Å². The summed E-state index contributed by atoms with van der Waals surface area (Å²) >= 11 is 0. The summed E-state index contributed by atoms with van der Waals surface area (Å²) in [6, 6.07) is 6.25. The number of fused-ring (bicyclic) bond motifs is 1. The Bertz CT molecular complexity index is 846. The van der Waals surface area contributed by atoms with Crippen LogP contribution in [0.2, 0.25) is 0 Å². The molecule has 1 N–H and O–H groups in total. The van der Waals surface area contributed by atoms with Gasteiger partial charge in [0.1, 0.15) is 18.2 Å². The highest BCUT2D eigenvalue weighted by Crippen LogP contribution is 2.27. The SMILES string of the molecule is CCOC(=O)c1oc2ccccc2c1COC(=O)C(C)NC(=O)C(C)(C)C. The summed E-state index contributed by atoms with van der Waals surface area (Å²) < 4.78 is 15.9. The highest BCUT2D eigenvalue weighted by atomic mass is 16.5. The zero-order valence-electron chi connectivity index (χ0n) is 16.3. The zero-order chi connectivity index (χ0) is 20.2. The number of rotatable bonds is 6. The van der Waals surface area contributed by atoms with Gasteiger partial charge in [-0.15, -0.1) is 0 Å². The Balaban J connectivity index is 2.16. The van der Waals surface area contributed by atoms with Crippen LogP contribution in [-0.4, -0.2) is 30.5 Å². The number of carbonyl (C=O) groups is 3. The first-order chi connectivity index (χ1) is 12.6. The van der Waals surface area contributed by atoms with Gasteiger partial charge in [0, 0.05) is 10.8 Å². The zero-order valence-corrected chi connectivity index (χ0v) is 16.3. The predicted molar refractivity (Wildman–Crippen MR) is 99.0 cm³/mol. The van der Waals surface area contributed by atoms with E-state index in [4.69, 9.17) is 13.9 Å². The molecule has 27 heavy (non-hydrogen) atoms. The van der Waals surface area contributed by atoms with Gasteiger partial charge in [-0.3, -0.25) is 4.79 Å². The van der Waals surface area contributed by atoms with Crippen molar-refractivity contribution >= 4 is 28.8 Å². The molecule has 7 nitrogen and oxygen atoms in total. The quantitative estimate of drug-likeness (QED) is 0.779. The van der Waals surface area contributed by atoms with E-state index in [0.29, 0.717) is 16.5 Å². The van der Waals surface area contributed by atoms with Gasteiger partial charge in [-0.1, -0.05) is 39.0 Å². The number of hydrogen-bond acceptors (Lipinski definition) is 6. The minimum Gasteiger partial charge on any atom is -0.460 e. The molecule has 0 aliphatic carbocycles. The topological polar surface area (TPSA) is 94.8 Å². The molecular formula is C20H25NO6. The van der Waals surface area contributed by atoms with Crippen molar-refractivity contribution < 1.29 is 28.3 Å². The monoisotopic (exact) mass is 375 g/mol. The molecule has 1 unspecified atom stereocenters. The van der Waals surface area contributed by atoms with E-state index in [0.717, 1.165) is 0 Å². The van der Waals surface area contributed by atoms with Gasteiger partial charge in [-0.2, -0.15) is 0 Å². The minimum atomic E-state index is -0.819. The Labute approximate surface area is 158 Å². The number of esters is 2. The molecule has 146 valence electrons. The van der Waals surface area contributed by atoms with Crippen LogP contribution >= 0.6 is 0 Å². The van der Waals surface area contributed by atoms with Gasteiger partial charge in [0.15, 0.2) is 0 Å². The molecular weight excluding hydrogens is 350 g/mol. The van der Waals surface area contributed by atoms with E-state index in [-0.39, 0.29) is 24.9 Å². The molecule has 1 aromatic carbocycles.